The van der Waals surface area contributed by atoms with Crippen LogP contribution in [0.25, 0.3) is 0 Å². The largest absolute Gasteiger partial charge is 0.459 e. The van der Waals surface area contributed by atoms with Crippen molar-refractivity contribution in [2.24, 2.45) is 5.92 Å². The summed E-state index contributed by atoms with van der Waals surface area (Å²) in [5.74, 6) is -0.948. The summed E-state index contributed by atoms with van der Waals surface area (Å²) in [7, 11) is -4.33. The van der Waals surface area contributed by atoms with Crippen LogP contribution in [0.4, 0.5) is 13.2 Å². The number of hydrogen-bond donors (Lipinski definition) is 0. The third kappa shape index (κ3) is 5.64. The average molecular weight is 477 g/mol. The van der Waals surface area contributed by atoms with Gasteiger partial charge >= 0.3 is 12.1 Å². The Kier molecular flexibility index (Phi) is 7.38. The standard InChI is InChI=1S/C20H23F3N2O4S2/c1-2-5-18-24-15(13-30-18)12-29-19(26)14-8-10-25(11-9-14)31(27,28)17-7-4-3-6-16(17)20(21,22)23/h3-4,6-7,13-14H,2,5,8-12H2,1H3. The number of sulfonamides is 1. The molecule has 0 radical (unpaired) electrons. The first-order chi connectivity index (χ1) is 14.6. The zero-order valence-corrected chi connectivity index (χ0v) is 18.5. The van der Waals surface area contributed by atoms with Gasteiger partial charge in [-0.2, -0.15) is 17.5 Å². The molecule has 170 valence electrons. The van der Waals surface area contributed by atoms with E-state index in [0.29, 0.717) is 5.69 Å². The predicted molar refractivity (Wildman–Crippen MR) is 109 cm³/mol. The minimum absolute atomic E-state index is 0.0500. The number of rotatable bonds is 7. The molecule has 3 rings (SSSR count). The fraction of sp³-hybridized carbons (Fsp3) is 0.500. The van der Waals surface area contributed by atoms with E-state index in [4.69, 9.17) is 4.74 Å². The number of aryl methyl sites for hydroxylation is 1. The second kappa shape index (κ2) is 9.66. The number of halogens is 3. The Bertz CT molecular complexity index is 1010. The number of esters is 1. The van der Waals surface area contributed by atoms with Gasteiger partial charge in [0.2, 0.25) is 10.0 Å². The number of carbonyl (C=O) groups is 1. The van der Waals surface area contributed by atoms with Crippen LogP contribution < -0.4 is 0 Å². The molecule has 0 N–H and O–H groups in total. The number of aromatic nitrogens is 1. The van der Waals surface area contributed by atoms with Crippen molar-refractivity contribution in [2.75, 3.05) is 13.1 Å². The van der Waals surface area contributed by atoms with E-state index < -0.39 is 38.5 Å². The van der Waals surface area contributed by atoms with Crippen LogP contribution >= 0.6 is 11.3 Å². The molecule has 1 fully saturated rings. The first kappa shape index (κ1) is 23.7. The van der Waals surface area contributed by atoms with Crippen molar-refractivity contribution in [3.8, 4) is 0 Å². The van der Waals surface area contributed by atoms with E-state index in [1.54, 1.807) is 0 Å². The van der Waals surface area contributed by atoms with Gasteiger partial charge in [-0.1, -0.05) is 19.1 Å². The molecule has 0 atom stereocenters. The van der Waals surface area contributed by atoms with Crippen LogP contribution in [0.2, 0.25) is 0 Å². The summed E-state index contributed by atoms with van der Waals surface area (Å²) >= 11 is 1.51. The Labute approximate surface area is 183 Å². The van der Waals surface area contributed by atoms with Crippen LogP contribution in [0.1, 0.15) is 42.5 Å². The molecule has 2 heterocycles. The molecule has 0 amide bonds. The van der Waals surface area contributed by atoms with E-state index in [1.807, 2.05) is 5.38 Å². The van der Waals surface area contributed by atoms with E-state index >= 15 is 0 Å². The molecule has 6 nitrogen and oxygen atoms in total. The van der Waals surface area contributed by atoms with Crippen molar-refractivity contribution in [2.45, 2.75) is 50.3 Å². The summed E-state index contributed by atoms with van der Waals surface area (Å²) in [5.41, 5.74) is -0.521. The SMILES string of the molecule is CCCc1nc(COC(=O)C2CCN(S(=O)(=O)c3ccccc3C(F)(F)F)CC2)cs1. The number of hydrogen-bond acceptors (Lipinski definition) is 6. The second-order valence-electron chi connectivity index (χ2n) is 7.26. The molecule has 0 saturated carbocycles. The Hall–Kier alpha value is -1.98. The van der Waals surface area contributed by atoms with Crippen LogP contribution in [0.3, 0.4) is 0 Å². The van der Waals surface area contributed by atoms with Crippen LogP contribution in [-0.2, 0) is 38.8 Å². The molecule has 1 aliphatic heterocycles. The van der Waals surface area contributed by atoms with Gasteiger partial charge in [-0.15, -0.1) is 11.3 Å². The highest BCUT2D eigenvalue weighted by Gasteiger charge is 2.40. The summed E-state index contributed by atoms with van der Waals surface area (Å²) in [6.45, 7) is 2.00. The highest BCUT2D eigenvalue weighted by atomic mass is 32.2. The van der Waals surface area contributed by atoms with Crippen molar-refractivity contribution in [3.05, 3.63) is 45.9 Å². The Morgan fingerprint density at radius 2 is 1.94 bits per heavy atom. The summed E-state index contributed by atoms with van der Waals surface area (Å²) in [4.78, 5) is 16.0. The van der Waals surface area contributed by atoms with Crippen molar-refractivity contribution in [1.82, 2.24) is 9.29 Å². The molecule has 1 aromatic heterocycles. The van der Waals surface area contributed by atoms with Gasteiger partial charge < -0.3 is 4.74 Å². The number of benzene rings is 1. The number of thiazole rings is 1. The molecule has 1 aromatic carbocycles. The quantitative estimate of drug-likeness (QED) is 0.558. The molecule has 1 aliphatic rings. The number of nitrogens with zero attached hydrogens (tertiary/aromatic N) is 2. The molecule has 2 aromatic rings. The Morgan fingerprint density at radius 1 is 1.26 bits per heavy atom. The van der Waals surface area contributed by atoms with Crippen LogP contribution in [0, 0.1) is 5.92 Å². The molecule has 31 heavy (non-hydrogen) atoms. The van der Waals surface area contributed by atoms with E-state index in [0.717, 1.165) is 40.4 Å². The molecule has 0 bridgehead atoms. The van der Waals surface area contributed by atoms with E-state index in [1.165, 1.54) is 17.4 Å². The monoisotopic (exact) mass is 476 g/mol. The minimum Gasteiger partial charge on any atom is -0.459 e. The summed E-state index contributed by atoms with van der Waals surface area (Å²) in [6, 6.07) is 4.12. The Balaban J connectivity index is 1.59. The first-order valence-corrected chi connectivity index (χ1v) is 12.2. The fourth-order valence-electron chi connectivity index (χ4n) is 3.40. The van der Waals surface area contributed by atoms with Gasteiger partial charge in [-0.05, 0) is 37.8 Å². The molecular weight excluding hydrogens is 453 g/mol. The van der Waals surface area contributed by atoms with Gasteiger partial charge in [0.1, 0.15) is 6.61 Å². The number of piperidine rings is 1. The molecule has 1 saturated heterocycles. The maximum atomic E-state index is 13.2. The van der Waals surface area contributed by atoms with Crippen molar-refractivity contribution >= 4 is 27.3 Å². The van der Waals surface area contributed by atoms with E-state index in [2.05, 4.69) is 11.9 Å². The van der Waals surface area contributed by atoms with E-state index in [9.17, 15) is 26.4 Å². The maximum Gasteiger partial charge on any atom is 0.417 e. The lowest BCUT2D eigenvalue weighted by molar-refractivity contribution is -0.151. The van der Waals surface area contributed by atoms with Crippen molar-refractivity contribution in [1.29, 1.82) is 0 Å². The lowest BCUT2D eigenvalue weighted by Gasteiger charge is -2.30. The lowest BCUT2D eigenvalue weighted by atomic mass is 9.98. The zero-order chi connectivity index (χ0) is 22.6. The second-order valence-corrected chi connectivity index (χ2v) is 10.1. The minimum atomic E-state index is -4.78. The topological polar surface area (TPSA) is 76.6 Å². The number of carbonyl (C=O) groups excluding carboxylic acids is 1. The van der Waals surface area contributed by atoms with Gasteiger partial charge in [-0.3, -0.25) is 4.79 Å². The van der Waals surface area contributed by atoms with E-state index in [-0.39, 0.29) is 32.5 Å². The molecule has 0 aliphatic carbocycles. The smallest absolute Gasteiger partial charge is 0.417 e. The van der Waals surface area contributed by atoms with Crippen LogP contribution in [0.15, 0.2) is 34.5 Å². The third-order valence-corrected chi connectivity index (χ3v) is 7.94. The maximum absolute atomic E-state index is 13.2. The highest BCUT2D eigenvalue weighted by Crippen LogP contribution is 2.36. The normalized spacial score (nSPS) is 16.4. The zero-order valence-electron chi connectivity index (χ0n) is 16.9. The molecule has 0 spiro atoms. The molecule has 11 heteroatoms. The van der Waals surface area contributed by atoms with Crippen LogP contribution in [0.5, 0.6) is 0 Å². The Morgan fingerprint density at radius 3 is 2.58 bits per heavy atom. The third-order valence-electron chi connectivity index (χ3n) is 5.02. The van der Waals surface area contributed by atoms with Crippen molar-refractivity contribution in [3.63, 3.8) is 0 Å². The number of ether oxygens (including phenoxy) is 1. The van der Waals surface area contributed by atoms with Gasteiger partial charge in [-0.25, -0.2) is 13.4 Å². The van der Waals surface area contributed by atoms with Gasteiger partial charge in [0.25, 0.3) is 0 Å². The highest BCUT2D eigenvalue weighted by molar-refractivity contribution is 7.89. The lowest BCUT2D eigenvalue weighted by Crippen LogP contribution is -2.41. The predicted octanol–water partition coefficient (Wildman–Crippen LogP) is 4.26. The van der Waals surface area contributed by atoms with Crippen molar-refractivity contribution < 1.29 is 31.1 Å². The van der Waals surface area contributed by atoms with Gasteiger partial charge in [0, 0.05) is 18.5 Å². The summed E-state index contributed by atoms with van der Waals surface area (Å²) < 4.78 is 71.6. The molecule has 0 unspecified atom stereocenters. The molecular formula is C20H23F3N2O4S2. The average Bonchev–Trinajstić information content (AvgIpc) is 3.19. The number of alkyl halides is 3. The summed E-state index contributed by atoms with van der Waals surface area (Å²) in [6.07, 6.45) is -2.57. The van der Waals surface area contributed by atoms with Gasteiger partial charge in [0.15, 0.2) is 0 Å². The summed E-state index contributed by atoms with van der Waals surface area (Å²) in [5, 5.41) is 2.82. The van der Waals surface area contributed by atoms with Gasteiger partial charge in [0.05, 0.1) is 27.1 Å². The first-order valence-electron chi connectivity index (χ1n) is 9.89. The van der Waals surface area contributed by atoms with Crippen LogP contribution in [-0.4, -0.2) is 36.8 Å². The fourth-order valence-corrected chi connectivity index (χ4v) is 5.97.